The number of hydrogen-bond acceptors (Lipinski definition) is 9. The highest BCUT2D eigenvalue weighted by Gasteiger charge is 2.56. The molecule has 6 unspecified atom stereocenters. The molecule has 6 atom stereocenters. The maximum absolute atomic E-state index is 15.5. The highest BCUT2D eigenvalue weighted by atomic mass is 31.2. The van der Waals surface area contributed by atoms with E-state index in [0.29, 0.717) is 13.0 Å². The third-order valence-corrected chi connectivity index (χ3v) is 7.51. The van der Waals surface area contributed by atoms with Gasteiger partial charge < -0.3 is 25.0 Å². The molecule has 2 saturated heterocycles. The molecule has 2 aromatic rings. The van der Waals surface area contributed by atoms with Gasteiger partial charge in [-0.05, 0) is 31.5 Å². The van der Waals surface area contributed by atoms with E-state index < -0.39 is 50.2 Å². The summed E-state index contributed by atoms with van der Waals surface area (Å²) in [5.74, 6) is -0.126. The van der Waals surface area contributed by atoms with Crippen LogP contribution in [0.2, 0.25) is 0 Å². The topological polar surface area (TPSA) is 158 Å². The van der Waals surface area contributed by atoms with Crippen LogP contribution < -0.4 is 21.0 Å². The van der Waals surface area contributed by atoms with Crippen molar-refractivity contribution >= 4 is 19.5 Å². The van der Waals surface area contributed by atoms with E-state index >= 15 is 4.39 Å². The van der Waals surface area contributed by atoms with Gasteiger partial charge in [0.2, 0.25) is 5.91 Å². The molecule has 4 N–H and O–H groups in total. The Hall–Kier alpha value is -2.83. The van der Waals surface area contributed by atoms with E-state index in [4.69, 9.17) is 19.5 Å². The number of ether oxygens (including phenoxy) is 1. The van der Waals surface area contributed by atoms with Crippen molar-refractivity contribution in [3.05, 3.63) is 53.1 Å². The van der Waals surface area contributed by atoms with Gasteiger partial charge in [-0.25, -0.2) is 13.8 Å². The number of halogens is 1. The van der Waals surface area contributed by atoms with E-state index in [1.54, 1.807) is 37.4 Å². The van der Waals surface area contributed by atoms with Crippen LogP contribution in [0.1, 0.15) is 19.6 Å². The first-order valence-corrected chi connectivity index (χ1v) is 12.4. The molecule has 0 saturated carbocycles. The van der Waals surface area contributed by atoms with Crippen LogP contribution in [-0.4, -0.2) is 69.6 Å². The van der Waals surface area contributed by atoms with E-state index in [1.165, 1.54) is 17.2 Å². The first-order chi connectivity index (χ1) is 16.5. The quantitative estimate of drug-likeness (QED) is 0.434. The Morgan fingerprint density at radius 2 is 2.06 bits per heavy atom. The van der Waals surface area contributed by atoms with Crippen molar-refractivity contribution in [2.75, 3.05) is 25.9 Å². The Kier molecular flexibility index (Phi) is 6.98. The second kappa shape index (κ2) is 9.67. The van der Waals surface area contributed by atoms with Gasteiger partial charge in [0.15, 0.2) is 11.9 Å². The Labute approximate surface area is 200 Å². The fraction of sp³-hybridized carbons (Fsp3) is 0.476. The van der Waals surface area contributed by atoms with E-state index in [9.17, 15) is 19.3 Å². The number of para-hydroxylation sites is 1. The summed E-state index contributed by atoms with van der Waals surface area (Å²) in [6, 6.07) is 8.64. The zero-order valence-electron chi connectivity index (χ0n) is 19.1. The molecule has 0 radical (unpaired) electrons. The average Bonchev–Trinajstić information content (AvgIpc) is 3.23. The Bertz CT molecular complexity index is 1180. The summed E-state index contributed by atoms with van der Waals surface area (Å²) in [5, 5.41) is 13.2. The van der Waals surface area contributed by atoms with Crippen molar-refractivity contribution in [2.24, 2.45) is 0 Å². The highest BCUT2D eigenvalue weighted by molar-refractivity contribution is 7.52. The molecule has 190 valence electrons. The Balaban J connectivity index is 1.53. The van der Waals surface area contributed by atoms with Crippen LogP contribution in [-0.2, 0) is 18.6 Å². The van der Waals surface area contributed by atoms with E-state index in [0.717, 1.165) is 11.5 Å². The number of carbonyl (C=O) groups excluding carboxylic acids is 1. The van der Waals surface area contributed by atoms with Gasteiger partial charge in [0.25, 0.3) is 0 Å². The van der Waals surface area contributed by atoms with Crippen LogP contribution in [0.15, 0.2) is 47.4 Å². The number of aliphatic hydroxyl groups is 1. The number of carbonyl (C=O) groups is 1. The molecule has 1 amide bonds. The molecule has 14 heteroatoms. The number of hydrogen-bond donors (Lipinski definition) is 3. The second-order valence-electron chi connectivity index (χ2n) is 8.59. The minimum absolute atomic E-state index is 0.0533. The summed E-state index contributed by atoms with van der Waals surface area (Å²) in [6.45, 7) is 0.956. The summed E-state index contributed by atoms with van der Waals surface area (Å²) in [6.07, 6.45) is -3.03. The molecule has 1 aromatic carbocycles. The van der Waals surface area contributed by atoms with E-state index in [1.807, 2.05) is 0 Å². The zero-order valence-corrected chi connectivity index (χ0v) is 20.0. The number of amides is 1. The van der Waals surface area contributed by atoms with Gasteiger partial charge in [0, 0.05) is 19.8 Å². The number of nitrogen functional groups attached to an aromatic ring is 1. The van der Waals surface area contributed by atoms with Gasteiger partial charge in [-0.2, -0.15) is 10.1 Å². The van der Waals surface area contributed by atoms with Crippen LogP contribution in [0.4, 0.5) is 10.2 Å². The maximum Gasteiger partial charge on any atom is 0.459 e. The number of benzene rings is 1. The van der Waals surface area contributed by atoms with E-state index in [2.05, 4.69) is 10.1 Å². The summed E-state index contributed by atoms with van der Waals surface area (Å²) < 4.78 is 46.7. The average molecular weight is 511 g/mol. The summed E-state index contributed by atoms with van der Waals surface area (Å²) >= 11 is 0. The summed E-state index contributed by atoms with van der Waals surface area (Å²) in [5.41, 5.74) is 2.20. The minimum atomic E-state index is -4.19. The van der Waals surface area contributed by atoms with Crippen molar-refractivity contribution in [1.29, 1.82) is 0 Å². The lowest BCUT2D eigenvalue weighted by Crippen LogP contribution is -2.43. The lowest BCUT2D eigenvalue weighted by molar-refractivity contribution is -0.128. The first-order valence-electron chi connectivity index (χ1n) is 10.9. The predicted molar refractivity (Wildman–Crippen MR) is 122 cm³/mol. The van der Waals surface area contributed by atoms with Gasteiger partial charge in [0.1, 0.15) is 23.8 Å². The third-order valence-electron chi connectivity index (χ3n) is 5.94. The molecule has 12 nitrogen and oxygen atoms in total. The monoisotopic (exact) mass is 511 g/mol. The zero-order chi connectivity index (χ0) is 25.4. The molecule has 1 aromatic heterocycles. The van der Waals surface area contributed by atoms with Gasteiger partial charge in [-0.3, -0.25) is 13.9 Å². The number of aromatic nitrogens is 2. The van der Waals surface area contributed by atoms with Crippen LogP contribution in [0, 0.1) is 0 Å². The number of likely N-dealkylation sites (N-methyl/N-ethyl adjacent to an activating group) is 1. The van der Waals surface area contributed by atoms with Crippen LogP contribution in [0.5, 0.6) is 5.75 Å². The number of nitrogens with two attached hydrogens (primary N) is 1. The smallest absolute Gasteiger partial charge is 0.413 e. The van der Waals surface area contributed by atoms with Gasteiger partial charge in [0.05, 0.1) is 12.6 Å². The number of aliphatic hydroxyl groups excluding tert-OH is 1. The lowest BCUT2D eigenvalue weighted by Gasteiger charge is -2.25. The van der Waals surface area contributed by atoms with Crippen LogP contribution in [0.3, 0.4) is 0 Å². The summed E-state index contributed by atoms with van der Waals surface area (Å²) in [7, 11) is -2.57. The molecule has 2 fully saturated rings. The fourth-order valence-corrected chi connectivity index (χ4v) is 5.51. The standard InChI is InChI=1S/C21H27FN5O7P/c1-21(22)17(28)15(33-19(21)27-11-9-16(23)24-20(27)30)12-32-35(31,34-13-6-4-3-5-7-13)25-14-8-10-26(2)18(14)29/h3-7,9,11,14-15,17,19,28H,8,10,12H2,1-2H3,(H,25,31)(H2,23,24,30). The van der Waals surface area contributed by atoms with Crippen LogP contribution in [0.25, 0.3) is 0 Å². The number of nitrogens with one attached hydrogen (secondary N) is 1. The Morgan fingerprint density at radius 1 is 1.34 bits per heavy atom. The van der Waals surface area contributed by atoms with Gasteiger partial charge in [-0.15, -0.1) is 0 Å². The third kappa shape index (κ3) is 5.24. The highest BCUT2D eigenvalue weighted by Crippen LogP contribution is 2.48. The number of anilines is 1. The summed E-state index contributed by atoms with van der Waals surface area (Å²) in [4.78, 5) is 29.6. The molecule has 0 bridgehead atoms. The number of nitrogens with zero attached hydrogens (tertiary/aromatic N) is 3. The number of likely N-dealkylation sites (tertiary alicyclic amines) is 1. The molecule has 4 rings (SSSR count). The fourth-order valence-electron chi connectivity index (χ4n) is 3.97. The molecule has 35 heavy (non-hydrogen) atoms. The van der Waals surface area contributed by atoms with Crippen molar-refractivity contribution in [3.8, 4) is 5.75 Å². The molecule has 3 heterocycles. The molecular weight excluding hydrogens is 484 g/mol. The van der Waals surface area contributed by atoms with Crippen molar-refractivity contribution in [3.63, 3.8) is 0 Å². The molecule has 0 spiro atoms. The predicted octanol–water partition coefficient (Wildman–Crippen LogP) is 0.836. The SMILES string of the molecule is CN1CCC(NP(=O)(OCC2OC(n3ccc(N)nc3=O)C(C)(F)C2O)Oc2ccccc2)C1=O. The minimum Gasteiger partial charge on any atom is -0.413 e. The maximum atomic E-state index is 15.5. The molecular formula is C21H27FN5O7P. The Morgan fingerprint density at radius 3 is 2.69 bits per heavy atom. The number of alkyl halides is 1. The normalized spacial score (nSPS) is 30.4. The van der Waals surface area contributed by atoms with E-state index in [-0.39, 0.29) is 17.5 Å². The first kappa shape index (κ1) is 25.3. The van der Waals surface area contributed by atoms with Crippen molar-refractivity contribution in [1.82, 2.24) is 19.5 Å². The molecule has 2 aliphatic rings. The molecule has 2 aliphatic heterocycles. The van der Waals surface area contributed by atoms with Gasteiger partial charge in [-0.1, -0.05) is 18.2 Å². The van der Waals surface area contributed by atoms with Crippen molar-refractivity contribution in [2.45, 2.75) is 43.5 Å². The lowest BCUT2D eigenvalue weighted by atomic mass is 9.98. The largest absolute Gasteiger partial charge is 0.459 e. The second-order valence-corrected chi connectivity index (χ2v) is 10.3. The van der Waals surface area contributed by atoms with Gasteiger partial charge >= 0.3 is 13.4 Å². The number of rotatable bonds is 8. The van der Waals surface area contributed by atoms with Crippen molar-refractivity contribution < 1.29 is 32.6 Å². The van der Waals surface area contributed by atoms with Crippen LogP contribution >= 0.6 is 7.75 Å². The molecule has 0 aliphatic carbocycles.